The Morgan fingerprint density at radius 2 is 1.63 bits per heavy atom. The summed E-state index contributed by atoms with van der Waals surface area (Å²) in [5.74, 6) is 0.832. The number of aromatic nitrogens is 3. The van der Waals surface area contributed by atoms with E-state index in [0.29, 0.717) is 16.1 Å². The number of hydrogen-bond donors (Lipinski definition) is 1. The third kappa shape index (κ3) is 3.45. The Bertz CT molecular complexity index is 1220. The number of rotatable bonds is 5. The summed E-state index contributed by atoms with van der Waals surface area (Å²) >= 11 is 7.59. The molecule has 0 amide bonds. The van der Waals surface area contributed by atoms with E-state index in [1.165, 1.54) is 17.3 Å². The molecule has 0 saturated heterocycles. The van der Waals surface area contributed by atoms with Crippen molar-refractivity contribution in [1.82, 2.24) is 14.5 Å². The number of fused-ring (bicyclic) bond motifs is 1. The number of thioether (sulfide) groups is 1. The van der Waals surface area contributed by atoms with Crippen LogP contribution >= 0.6 is 30.7 Å². The maximum Gasteiger partial charge on any atom is 0.248 e. The zero-order valence-electron chi connectivity index (χ0n) is 15.9. The predicted octanol–water partition coefficient (Wildman–Crippen LogP) is 5.80. The van der Waals surface area contributed by atoms with E-state index < -0.39 is 13.1 Å². The molecule has 5 nitrogen and oxygen atoms in total. The van der Waals surface area contributed by atoms with Gasteiger partial charge in [-0.15, -0.1) is 5.10 Å². The maximum absolute atomic E-state index is 14.5. The Morgan fingerprint density at radius 1 is 0.967 bits per heavy atom. The van der Waals surface area contributed by atoms with Crippen molar-refractivity contribution in [2.24, 2.45) is 0 Å². The van der Waals surface area contributed by atoms with Crippen LogP contribution in [0.15, 0.2) is 90.1 Å². The van der Waals surface area contributed by atoms with Crippen LogP contribution in [-0.4, -0.2) is 14.5 Å². The van der Waals surface area contributed by atoms with Crippen molar-refractivity contribution in [2.45, 2.75) is 16.7 Å². The van der Waals surface area contributed by atoms with Crippen LogP contribution in [0.1, 0.15) is 16.9 Å². The minimum atomic E-state index is -3.16. The standard InChI is InChI=1S/C22H18ClN4OPS/c23-18-13-11-17(12-14-18)20-24-21-25-22(30-15-16-7-3-1-4-8-16)26-27(21)29(20,28)19-9-5-2-6-10-19/h1-14,20H,15H2,(H,24,25,26). The molecule has 1 aliphatic rings. The van der Waals surface area contributed by atoms with Gasteiger partial charge < -0.3 is 5.32 Å². The summed E-state index contributed by atoms with van der Waals surface area (Å²) in [6, 6.07) is 27.1. The molecule has 0 fully saturated rings. The SMILES string of the molecule is O=P1(c2ccccc2)C(c2ccc(Cl)cc2)Nc2nc(SCc3ccccc3)nn21. The van der Waals surface area contributed by atoms with Crippen molar-refractivity contribution < 1.29 is 4.57 Å². The summed E-state index contributed by atoms with van der Waals surface area (Å²) in [5, 5.41) is 9.97. The van der Waals surface area contributed by atoms with E-state index in [9.17, 15) is 4.57 Å². The molecule has 4 aromatic rings. The molecule has 1 aromatic heterocycles. The zero-order chi connectivity index (χ0) is 20.6. The predicted molar refractivity (Wildman–Crippen MR) is 123 cm³/mol. The molecule has 0 radical (unpaired) electrons. The molecule has 8 heteroatoms. The summed E-state index contributed by atoms with van der Waals surface area (Å²) in [4.78, 5) is 4.63. The van der Waals surface area contributed by atoms with Crippen LogP contribution in [0.5, 0.6) is 0 Å². The average molecular weight is 453 g/mol. The molecule has 3 aromatic carbocycles. The second-order valence-corrected chi connectivity index (χ2v) is 11.0. The van der Waals surface area contributed by atoms with Crippen LogP contribution in [0.2, 0.25) is 5.02 Å². The van der Waals surface area contributed by atoms with Gasteiger partial charge in [0.05, 0.1) is 0 Å². The number of halogens is 1. The summed E-state index contributed by atoms with van der Waals surface area (Å²) in [7, 11) is -3.16. The smallest absolute Gasteiger partial charge is 0.248 e. The third-order valence-corrected chi connectivity index (χ3v) is 9.16. The highest BCUT2D eigenvalue weighted by Gasteiger charge is 2.47. The van der Waals surface area contributed by atoms with Crippen LogP contribution in [0, 0.1) is 0 Å². The Labute approximate surface area is 183 Å². The van der Waals surface area contributed by atoms with Crippen LogP contribution in [0.25, 0.3) is 0 Å². The molecule has 2 unspecified atom stereocenters. The normalized spacial score (nSPS) is 20.0. The number of anilines is 1. The minimum absolute atomic E-state index is 0.444. The Kier molecular flexibility index (Phi) is 5.15. The van der Waals surface area contributed by atoms with Gasteiger partial charge in [-0.1, -0.05) is 84.0 Å². The molecule has 5 rings (SSSR count). The molecule has 0 spiro atoms. The summed E-state index contributed by atoms with van der Waals surface area (Å²) in [6.07, 6.45) is 0. The number of nitrogens with zero attached hydrogens (tertiary/aromatic N) is 3. The van der Waals surface area contributed by atoms with E-state index in [-0.39, 0.29) is 0 Å². The van der Waals surface area contributed by atoms with Crippen molar-refractivity contribution in [1.29, 1.82) is 0 Å². The number of nitrogens with one attached hydrogen (secondary N) is 1. The van der Waals surface area contributed by atoms with E-state index in [1.807, 2.05) is 72.8 Å². The average Bonchev–Trinajstić information content (AvgIpc) is 3.32. The minimum Gasteiger partial charge on any atom is -0.338 e. The first-order valence-electron chi connectivity index (χ1n) is 9.46. The topological polar surface area (TPSA) is 59.8 Å². The van der Waals surface area contributed by atoms with Gasteiger partial charge in [-0.3, -0.25) is 4.57 Å². The lowest BCUT2D eigenvalue weighted by molar-refractivity contribution is 0.568. The van der Waals surface area contributed by atoms with Crippen LogP contribution in [0.3, 0.4) is 0 Å². The van der Waals surface area contributed by atoms with Crippen molar-refractivity contribution in [2.75, 3.05) is 5.32 Å². The van der Waals surface area contributed by atoms with Gasteiger partial charge in [0.1, 0.15) is 5.78 Å². The second kappa shape index (κ2) is 7.95. The van der Waals surface area contributed by atoms with Crippen molar-refractivity contribution in [3.63, 3.8) is 0 Å². The van der Waals surface area contributed by atoms with E-state index in [1.54, 1.807) is 4.45 Å². The zero-order valence-corrected chi connectivity index (χ0v) is 18.3. The van der Waals surface area contributed by atoms with Gasteiger partial charge in [0, 0.05) is 16.1 Å². The first-order valence-corrected chi connectivity index (χ1v) is 12.6. The van der Waals surface area contributed by atoms with Crippen molar-refractivity contribution >= 4 is 41.9 Å². The van der Waals surface area contributed by atoms with Crippen LogP contribution < -0.4 is 10.6 Å². The Hall–Kier alpha value is -2.53. The van der Waals surface area contributed by atoms with Gasteiger partial charge in [-0.2, -0.15) is 9.44 Å². The van der Waals surface area contributed by atoms with Crippen molar-refractivity contribution in [3.05, 3.63) is 101 Å². The molecule has 30 heavy (non-hydrogen) atoms. The van der Waals surface area contributed by atoms with Gasteiger partial charge in [0.25, 0.3) is 0 Å². The first kappa shape index (κ1) is 19.4. The lowest BCUT2D eigenvalue weighted by atomic mass is 10.2. The molecule has 0 saturated carbocycles. The fourth-order valence-electron chi connectivity index (χ4n) is 3.52. The summed E-state index contributed by atoms with van der Waals surface area (Å²) in [5.41, 5.74) is 2.08. The van der Waals surface area contributed by atoms with E-state index in [2.05, 4.69) is 27.5 Å². The first-order chi connectivity index (χ1) is 14.6. The number of hydrogen-bond acceptors (Lipinski definition) is 5. The van der Waals surface area contributed by atoms with Gasteiger partial charge >= 0.3 is 0 Å². The molecule has 2 heterocycles. The van der Waals surface area contributed by atoms with Crippen LogP contribution in [0.4, 0.5) is 5.95 Å². The highest BCUT2D eigenvalue weighted by molar-refractivity contribution is 7.98. The maximum atomic E-state index is 14.5. The third-order valence-electron chi connectivity index (χ3n) is 4.99. The number of benzene rings is 3. The van der Waals surface area contributed by atoms with Gasteiger partial charge in [0.2, 0.25) is 18.4 Å². The molecule has 150 valence electrons. The molecule has 0 aliphatic carbocycles. The molecule has 0 bridgehead atoms. The van der Waals surface area contributed by atoms with Gasteiger partial charge in [-0.05, 0) is 35.4 Å². The quantitative estimate of drug-likeness (QED) is 0.306. The molecule has 1 aliphatic heterocycles. The van der Waals surface area contributed by atoms with Crippen molar-refractivity contribution in [3.8, 4) is 0 Å². The summed E-state index contributed by atoms with van der Waals surface area (Å²) in [6.45, 7) is 0. The van der Waals surface area contributed by atoms with Gasteiger partial charge in [0.15, 0.2) is 0 Å². The Morgan fingerprint density at radius 3 is 2.33 bits per heavy atom. The summed E-state index contributed by atoms with van der Waals surface area (Å²) < 4.78 is 16.1. The lowest BCUT2D eigenvalue weighted by Gasteiger charge is -2.21. The van der Waals surface area contributed by atoms with Gasteiger partial charge in [-0.25, -0.2) is 0 Å². The Balaban J connectivity index is 1.52. The van der Waals surface area contributed by atoms with E-state index in [0.717, 1.165) is 16.6 Å². The molecule has 1 N–H and O–H groups in total. The fraction of sp³-hybridized carbons (Fsp3) is 0.0909. The lowest BCUT2D eigenvalue weighted by Crippen LogP contribution is -2.16. The van der Waals surface area contributed by atoms with E-state index >= 15 is 0 Å². The molecular weight excluding hydrogens is 435 g/mol. The second-order valence-electron chi connectivity index (χ2n) is 6.94. The molecular formula is C22H18ClN4OPS. The van der Waals surface area contributed by atoms with Crippen LogP contribution in [-0.2, 0) is 10.3 Å². The monoisotopic (exact) mass is 452 g/mol. The fourth-order valence-corrected chi connectivity index (χ4v) is 7.28. The highest BCUT2D eigenvalue weighted by atomic mass is 35.5. The highest BCUT2D eigenvalue weighted by Crippen LogP contribution is 2.63. The molecule has 2 atom stereocenters. The van der Waals surface area contributed by atoms with E-state index in [4.69, 9.17) is 11.6 Å². The largest absolute Gasteiger partial charge is 0.338 e.